The van der Waals surface area contributed by atoms with Gasteiger partial charge in [0.1, 0.15) is 0 Å². The molecule has 4 rings (SSSR count). The van der Waals surface area contributed by atoms with Gasteiger partial charge in [0.2, 0.25) is 5.91 Å². The standard InChI is InChI=1S/C18H22N4OS/c1-21(17-5-2-8-19-20-17)16-7-6-13-11-22(12-15(13)16)18(23)10-14-4-3-9-24-14/h2-5,8-9,13,15-16H,6-7,10-12H2,1H3/t13-,15+,16-/m1/s1. The largest absolute Gasteiger partial charge is 0.355 e. The predicted molar refractivity (Wildman–Crippen MR) is 95.0 cm³/mol. The molecule has 2 aromatic rings. The summed E-state index contributed by atoms with van der Waals surface area (Å²) in [6.45, 7) is 1.80. The molecule has 0 N–H and O–H groups in total. The fourth-order valence-corrected chi connectivity index (χ4v) is 4.94. The summed E-state index contributed by atoms with van der Waals surface area (Å²) in [5, 5.41) is 10.3. The molecule has 1 saturated heterocycles. The molecule has 0 spiro atoms. The molecule has 0 bridgehead atoms. The highest BCUT2D eigenvalue weighted by Gasteiger charge is 2.45. The first-order chi connectivity index (χ1) is 11.7. The van der Waals surface area contributed by atoms with E-state index in [0.717, 1.165) is 23.8 Å². The van der Waals surface area contributed by atoms with E-state index in [1.165, 1.54) is 12.8 Å². The summed E-state index contributed by atoms with van der Waals surface area (Å²) < 4.78 is 0. The maximum Gasteiger partial charge on any atom is 0.227 e. The minimum atomic E-state index is 0.271. The van der Waals surface area contributed by atoms with Crippen LogP contribution < -0.4 is 4.90 Å². The van der Waals surface area contributed by atoms with Gasteiger partial charge in [0.25, 0.3) is 0 Å². The molecule has 1 aliphatic carbocycles. The summed E-state index contributed by atoms with van der Waals surface area (Å²) in [6, 6.07) is 8.44. The van der Waals surface area contributed by atoms with Crippen LogP contribution in [0.3, 0.4) is 0 Å². The first kappa shape index (κ1) is 15.6. The van der Waals surface area contributed by atoms with E-state index in [2.05, 4.69) is 27.0 Å². The fourth-order valence-electron chi connectivity index (χ4n) is 4.25. The minimum Gasteiger partial charge on any atom is -0.355 e. The first-order valence-electron chi connectivity index (χ1n) is 8.53. The van der Waals surface area contributed by atoms with E-state index in [1.54, 1.807) is 17.5 Å². The quantitative estimate of drug-likeness (QED) is 0.856. The fraction of sp³-hybridized carbons (Fsp3) is 0.500. The zero-order chi connectivity index (χ0) is 16.5. The topological polar surface area (TPSA) is 49.3 Å². The first-order valence-corrected chi connectivity index (χ1v) is 9.41. The van der Waals surface area contributed by atoms with E-state index in [-0.39, 0.29) is 5.91 Å². The number of aromatic nitrogens is 2. The third-order valence-electron chi connectivity index (χ3n) is 5.49. The van der Waals surface area contributed by atoms with Crippen LogP contribution in [0.4, 0.5) is 5.82 Å². The zero-order valence-corrected chi connectivity index (χ0v) is 14.7. The Hall–Kier alpha value is -1.95. The van der Waals surface area contributed by atoms with Crippen molar-refractivity contribution in [1.82, 2.24) is 15.1 Å². The highest BCUT2D eigenvalue weighted by atomic mass is 32.1. The number of amides is 1. The van der Waals surface area contributed by atoms with E-state index >= 15 is 0 Å². The molecule has 3 atom stereocenters. The van der Waals surface area contributed by atoms with Crippen molar-refractivity contribution < 1.29 is 4.79 Å². The van der Waals surface area contributed by atoms with Crippen LogP contribution in [0.2, 0.25) is 0 Å². The average molecular weight is 342 g/mol. The minimum absolute atomic E-state index is 0.271. The lowest BCUT2D eigenvalue weighted by atomic mass is 9.97. The summed E-state index contributed by atoms with van der Waals surface area (Å²) in [6.07, 6.45) is 4.62. The molecule has 3 heterocycles. The van der Waals surface area contributed by atoms with Crippen LogP contribution >= 0.6 is 11.3 Å². The molecule has 1 saturated carbocycles. The number of hydrogen-bond acceptors (Lipinski definition) is 5. The smallest absolute Gasteiger partial charge is 0.227 e. The summed E-state index contributed by atoms with van der Waals surface area (Å²) in [4.78, 5) is 18.1. The van der Waals surface area contributed by atoms with Crippen LogP contribution in [0.15, 0.2) is 35.8 Å². The zero-order valence-electron chi connectivity index (χ0n) is 13.8. The lowest BCUT2D eigenvalue weighted by molar-refractivity contribution is -0.129. The second kappa shape index (κ2) is 6.51. The van der Waals surface area contributed by atoms with Crippen LogP contribution in [-0.4, -0.2) is 47.2 Å². The Balaban J connectivity index is 1.42. The molecular formula is C18H22N4OS. The second-order valence-electron chi connectivity index (χ2n) is 6.82. The van der Waals surface area contributed by atoms with Crippen molar-refractivity contribution in [1.29, 1.82) is 0 Å². The molecule has 2 aromatic heterocycles. The Morgan fingerprint density at radius 2 is 2.25 bits per heavy atom. The normalized spacial score (nSPS) is 25.7. The van der Waals surface area contributed by atoms with Crippen molar-refractivity contribution in [3.05, 3.63) is 40.7 Å². The van der Waals surface area contributed by atoms with Gasteiger partial charge in [0.15, 0.2) is 5.82 Å². The molecular weight excluding hydrogens is 320 g/mol. The third-order valence-corrected chi connectivity index (χ3v) is 6.37. The van der Waals surface area contributed by atoms with Crippen LogP contribution in [-0.2, 0) is 11.2 Å². The van der Waals surface area contributed by atoms with Gasteiger partial charge < -0.3 is 9.80 Å². The van der Waals surface area contributed by atoms with Crippen LogP contribution in [0.1, 0.15) is 17.7 Å². The van der Waals surface area contributed by atoms with Crippen molar-refractivity contribution in [2.24, 2.45) is 11.8 Å². The molecule has 5 nitrogen and oxygen atoms in total. The Bertz CT molecular complexity index is 690. The lowest BCUT2D eigenvalue weighted by Crippen LogP contribution is -2.39. The van der Waals surface area contributed by atoms with E-state index in [9.17, 15) is 4.79 Å². The van der Waals surface area contributed by atoms with E-state index in [0.29, 0.717) is 24.3 Å². The van der Waals surface area contributed by atoms with Crippen LogP contribution in [0.5, 0.6) is 0 Å². The molecule has 0 aromatic carbocycles. The van der Waals surface area contributed by atoms with E-state index < -0.39 is 0 Å². The van der Waals surface area contributed by atoms with E-state index in [1.807, 2.05) is 29.6 Å². The molecule has 0 radical (unpaired) electrons. The highest BCUT2D eigenvalue weighted by Crippen LogP contribution is 2.41. The summed E-state index contributed by atoms with van der Waals surface area (Å²) in [5.74, 6) is 2.37. The number of rotatable bonds is 4. The van der Waals surface area contributed by atoms with Crippen molar-refractivity contribution in [3.63, 3.8) is 0 Å². The van der Waals surface area contributed by atoms with Gasteiger partial charge in [-0.15, -0.1) is 16.4 Å². The van der Waals surface area contributed by atoms with Crippen molar-refractivity contribution in [2.45, 2.75) is 25.3 Å². The number of carbonyl (C=O) groups is 1. The average Bonchev–Trinajstić information content (AvgIpc) is 3.31. The number of nitrogens with zero attached hydrogens (tertiary/aromatic N) is 4. The van der Waals surface area contributed by atoms with Crippen molar-refractivity contribution >= 4 is 23.1 Å². The Morgan fingerprint density at radius 3 is 3.00 bits per heavy atom. The molecule has 1 aliphatic heterocycles. The number of hydrogen-bond donors (Lipinski definition) is 0. The summed E-state index contributed by atoms with van der Waals surface area (Å²) in [5.41, 5.74) is 0. The summed E-state index contributed by atoms with van der Waals surface area (Å²) >= 11 is 1.66. The highest BCUT2D eigenvalue weighted by molar-refractivity contribution is 7.10. The van der Waals surface area contributed by atoms with Gasteiger partial charge in [-0.1, -0.05) is 6.07 Å². The number of likely N-dealkylation sites (tertiary alicyclic amines) is 1. The predicted octanol–water partition coefficient (Wildman–Crippen LogP) is 2.45. The number of fused-ring (bicyclic) bond motifs is 1. The number of thiophene rings is 1. The Morgan fingerprint density at radius 1 is 1.33 bits per heavy atom. The van der Waals surface area contributed by atoms with Gasteiger partial charge in [-0.05, 0) is 42.3 Å². The SMILES string of the molecule is CN(c1cccnn1)[C@@H]1CC[C@@H]2CN(C(=O)Cc3cccs3)C[C@@H]21. The van der Waals surface area contributed by atoms with Gasteiger partial charge in [0.05, 0.1) is 6.42 Å². The van der Waals surface area contributed by atoms with Crippen molar-refractivity contribution in [3.8, 4) is 0 Å². The number of anilines is 1. The van der Waals surface area contributed by atoms with Crippen LogP contribution in [0, 0.1) is 11.8 Å². The van der Waals surface area contributed by atoms with Gasteiger partial charge in [-0.3, -0.25) is 4.79 Å². The van der Waals surface area contributed by atoms with Gasteiger partial charge in [0, 0.05) is 43.2 Å². The molecule has 24 heavy (non-hydrogen) atoms. The maximum absolute atomic E-state index is 12.6. The van der Waals surface area contributed by atoms with Gasteiger partial charge in [-0.25, -0.2) is 0 Å². The molecule has 2 fully saturated rings. The number of carbonyl (C=O) groups excluding carboxylic acids is 1. The lowest BCUT2D eigenvalue weighted by Gasteiger charge is -2.30. The van der Waals surface area contributed by atoms with E-state index in [4.69, 9.17) is 0 Å². The second-order valence-corrected chi connectivity index (χ2v) is 7.85. The molecule has 0 unspecified atom stereocenters. The molecule has 1 amide bonds. The van der Waals surface area contributed by atoms with Gasteiger partial charge >= 0.3 is 0 Å². The monoisotopic (exact) mass is 342 g/mol. The Labute approximate surface area is 146 Å². The van der Waals surface area contributed by atoms with Crippen molar-refractivity contribution in [2.75, 3.05) is 25.0 Å². The van der Waals surface area contributed by atoms with Crippen LogP contribution in [0.25, 0.3) is 0 Å². The Kier molecular flexibility index (Phi) is 4.22. The summed E-state index contributed by atoms with van der Waals surface area (Å²) in [7, 11) is 2.10. The maximum atomic E-state index is 12.6. The molecule has 6 heteroatoms. The third kappa shape index (κ3) is 2.90. The van der Waals surface area contributed by atoms with Gasteiger partial charge in [-0.2, -0.15) is 5.10 Å². The molecule has 126 valence electrons. The molecule has 2 aliphatic rings.